The summed E-state index contributed by atoms with van der Waals surface area (Å²) in [4.78, 5) is 33.4. The third-order valence-electron chi connectivity index (χ3n) is 6.63. The van der Waals surface area contributed by atoms with Crippen LogP contribution in [0, 0.1) is 18.3 Å². The maximum atomic E-state index is 13.1. The molecule has 2 fully saturated rings. The average Bonchev–Trinajstić information content (AvgIpc) is 3.25. The third-order valence-corrected chi connectivity index (χ3v) is 6.63. The summed E-state index contributed by atoms with van der Waals surface area (Å²) in [7, 11) is 1.60. The van der Waals surface area contributed by atoms with Gasteiger partial charge in [-0.3, -0.25) is 9.59 Å². The number of anilines is 2. The molecule has 0 bridgehead atoms. The van der Waals surface area contributed by atoms with E-state index in [1.165, 1.54) is 0 Å². The van der Waals surface area contributed by atoms with Crippen molar-refractivity contribution in [1.29, 1.82) is 5.26 Å². The number of nitriles is 1. The summed E-state index contributed by atoms with van der Waals surface area (Å²) >= 11 is 0. The number of aromatic nitrogens is 3. The molecule has 2 atom stereocenters. The van der Waals surface area contributed by atoms with Gasteiger partial charge in [-0.2, -0.15) is 10.4 Å². The lowest BCUT2D eigenvalue weighted by Crippen LogP contribution is -2.47. The van der Waals surface area contributed by atoms with Crippen molar-refractivity contribution in [3.8, 4) is 6.07 Å². The van der Waals surface area contributed by atoms with Crippen LogP contribution in [0.25, 0.3) is 0 Å². The molecule has 0 radical (unpaired) electrons. The summed E-state index contributed by atoms with van der Waals surface area (Å²) in [6, 6.07) is 5.69. The van der Waals surface area contributed by atoms with Gasteiger partial charge in [0.2, 0.25) is 0 Å². The molecule has 0 aliphatic carbocycles. The molecule has 0 unspecified atom stereocenters. The molecule has 0 saturated carbocycles. The fraction of sp³-hybridized carbons (Fsp3) is 0.542. The van der Waals surface area contributed by atoms with Crippen molar-refractivity contribution in [2.45, 2.75) is 44.4 Å². The predicted molar refractivity (Wildman–Crippen MR) is 129 cm³/mol. The molecule has 2 saturated heterocycles. The molecule has 0 aromatic carbocycles. The number of piperidine rings is 1. The minimum absolute atomic E-state index is 0.0325. The zero-order valence-electron chi connectivity index (χ0n) is 20.1. The van der Waals surface area contributed by atoms with Gasteiger partial charge in [0.25, 0.3) is 11.5 Å². The molecule has 2 aliphatic rings. The number of likely N-dealkylation sites (tertiary alicyclic amines) is 1. The number of nitrogens with one attached hydrogen (secondary N) is 2. The minimum Gasteiger partial charge on any atom is -0.382 e. The van der Waals surface area contributed by atoms with E-state index in [0.717, 1.165) is 31.7 Å². The Kier molecular flexibility index (Phi) is 7.94. The van der Waals surface area contributed by atoms with Gasteiger partial charge in [-0.05, 0) is 31.9 Å². The van der Waals surface area contributed by atoms with Gasteiger partial charge in [-0.25, -0.2) is 10.1 Å². The topological polar surface area (TPSA) is 136 Å². The summed E-state index contributed by atoms with van der Waals surface area (Å²) in [5.74, 6) is 0.893. The van der Waals surface area contributed by atoms with Gasteiger partial charge in [0, 0.05) is 51.0 Å². The molecule has 1 amide bonds. The number of methoxy groups -OCH3 is 1. The van der Waals surface area contributed by atoms with Crippen molar-refractivity contribution in [2.75, 3.05) is 50.2 Å². The highest BCUT2D eigenvalue weighted by atomic mass is 16.5. The molecule has 35 heavy (non-hydrogen) atoms. The van der Waals surface area contributed by atoms with Crippen LogP contribution in [0.5, 0.6) is 0 Å². The number of amides is 1. The number of H-pyrrole nitrogens is 1. The van der Waals surface area contributed by atoms with E-state index in [1.807, 2.05) is 11.0 Å². The van der Waals surface area contributed by atoms with Crippen LogP contribution in [-0.2, 0) is 14.3 Å². The SMILES string of the molecule is COC[C@@H](CO[C@@H]1CCN(C2CCN(c3ccc(C#N)cn3)CC2)C1=O)Nc1cn[nH]c(=O)c1C. The molecule has 11 heteroatoms. The third kappa shape index (κ3) is 5.78. The number of carbonyl (C=O) groups is 1. The molecule has 4 rings (SSSR count). The maximum Gasteiger partial charge on any atom is 0.269 e. The number of pyridine rings is 1. The van der Waals surface area contributed by atoms with E-state index < -0.39 is 6.10 Å². The van der Waals surface area contributed by atoms with Gasteiger partial charge in [0.05, 0.1) is 36.7 Å². The van der Waals surface area contributed by atoms with Crippen LogP contribution in [0.1, 0.15) is 30.4 Å². The minimum atomic E-state index is -0.479. The Morgan fingerprint density at radius 1 is 1.20 bits per heavy atom. The first-order chi connectivity index (χ1) is 17.0. The smallest absolute Gasteiger partial charge is 0.269 e. The number of aromatic amines is 1. The first-order valence-corrected chi connectivity index (χ1v) is 11.8. The molecular formula is C24H31N7O4. The maximum absolute atomic E-state index is 13.1. The highest BCUT2D eigenvalue weighted by Gasteiger charge is 2.38. The Hall–Kier alpha value is -3.49. The molecule has 4 heterocycles. The van der Waals surface area contributed by atoms with E-state index in [9.17, 15) is 9.59 Å². The van der Waals surface area contributed by atoms with Crippen molar-refractivity contribution in [3.63, 3.8) is 0 Å². The van der Waals surface area contributed by atoms with E-state index in [4.69, 9.17) is 14.7 Å². The number of hydrogen-bond acceptors (Lipinski definition) is 9. The Balaban J connectivity index is 1.28. The van der Waals surface area contributed by atoms with Gasteiger partial charge in [-0.1, -0.05) is 0 Å². The van der Waals surface area contributed by atoms with Crippen LogP contribution < -0.4 is 15.8 Å². The molecule has 0 spiro atoms. The lowest BCUT2D eigenvalue weighted by Gasteiger charge is -2.37. The van der Waals surface area contributed by atoms with Crippen molar-refractivity contribution < 1.29 is 14.3 Å². The molecule has 186 valence electrons. The summed E-state index contributed by atoms with van der Waals surface area (Å²) in [5.41, 5.74) is 1.44. The second-order valence-corrected chi connectivity index (χ2v) is 8.91. The van der Waals surface area contributed by atoms with E-state index >= 15 is 0 Å². The average molecular weight is 482 g/mol. The lowest BCUT2D eigenvalue weighted by atomic mass is 10.0. The van der Waals surface area contributed by atoms with E-state index in [2.05, 4.69) is 31.5 Å². The predicted octanol–water partition coefficient (Wildman–Crippen LogP) is 1.06. The second-order valence-electron chi connectivity index (χ2n) is 8.91. The number of rotatable bonds is 9. The first kappa shape index (κ1) is 24.6. The number of hydrogen-bond donors (Lipinski definition) is 2. The summed E-state index contributed by atoms with van der Waals surface area (Å²) in [6.45, 7) is 4.65. The molecule has 2 aromatic rings. The number of ether oxygens (including phenoxy) is 2. The van der Waals surface area contributed by atoms with Crippen molar-refractivity contribution in [1.82, 2.24) is 20.1 Å². The van der Waals surface area contributed by atoms with Gasteiger partial charge in [-0.15, -0.1) is 0 Å². The molecule has 2 aromatic heterocycles. The molecular weight excluding hydrogens is 450 g/mol. The van der Waals surface area contributed by atoms with E-state index in [1.54, 1.807) is 32.5 Å². The van der Waals surface area contributed by atoms with Crippen molar-refractivity contribution in [2.24, 2.45) is 0 Å². The summed E-state index contributed by atoms with van der Waals surface area (Å²) in [6.07, 6.45) is 5.05. The highest BCUT2D eigenvalue weighted by molar-refractivity contribution is 5.83. The first-order valence-electron chi connectivity index (χ1n) is 11.8. The van der Waals surface area contributed by atoms with Gasteiger partial charge >= 0.3 is 0 Å². The molecule has 2 aliphatic heterocycles. The fourth-order valence-corrected chi connectivity index (χ4v) is 4.63. The number of carbonyl (C=O) groups excluding carboxylic acids is 1. The van der Waals surface area contributed by atoms with E-state index in [0.29, 0.717) is 36.4 Å². The van der Waals surface area contributed by atoms with Crippen LogP contribution in [0.2, 0.25) is 0 Å². The second kappa shape index (κ2) is 11.3. The van der Waals surface area contributed by atoms with Crippen LogP contribution in [0.15, 0.2) is 29.3 Å². The Morgan fingerprint density at radius 2 is 2.00 bits per heavy atom. The Bertz CT molecular complexity index is 1110. The highest BCUT2D eigenvalue weighted by Crippen LogP contribution is 2.26. The summed E-state index contributed by atoms with van der Waals surface area (Å²) < 4.78 is 11.3. The van der Waals surface area contributed by atoms with Crippen molar-refractivity contribution in [3.05, 3.63) is 46.0 Å². The van der Waals surface area contributed by atoms with E-state index in [-0.39, 0.29) is 30.2 Å². The van der Waals surface area contributed by atoms with Gasteiger partial charge in [0.1, 0.15) is 18.0 Å². The fourth-order valence-electron chi connectivity index (χ4n) is 4.63. The number of nitrogens with zero attached hydrogens (tertiary/aromatic N) is 5. The Labute approximate surface area is 204 Å². The van der Waals surface area contributed by atoms with Crippen LogP contribution >= 0.6 is 0 Å². The summed E-state index contributed by atoms with van der Waals surface area (Å²) in [5, 5.41) is 18.4. The zero-order chi connectivity index (χ0) is 24.8. The normalized spacial score (nSPS) is 19.6. The van der Waals surface area contributed by atoms with Gasteiger partial charge in [0.15, 0.2) is 0 Å². The Morgan fingerprint density at radius 3 is 2.69 bits per heavy atom. The van der Waals surface area contributed by atoms with Crippen molar-refractivity contribution >= 4 is 17.4 Å². The van der Waals surface area contributed by atoms with Gasteiger partial charge < -0.3 is 24.6 Å². The molecule has 2 N–H and O–H groups in total. The molecule has 11 nitrogen and oxygen atoms in total. The van der Waals surface area contributed by atoms with Crippen LogP contribution in [-0.4, -0.2) is 84.1 Å². The van der Waals surface area contributed by atoms with Crippen LogP contribution in [0.4, 0.5) is 11.5 Å². The zero-order valence-corrected chi connectivity index (χ0v) is 20.1. The quantitative estimate of drug-likeness (QED) is 0.539. The largest absolute Gasteiger partial charge is 0.382 e. The monoisotopic (exact) mass is 481 g/mol. The standard InChI is InChI=1S/C24H31N7O4/c1-16-20(13-27-29-23(16)32)28-18(14-34-2)15-35-21-7-10-31(24(21)33)19-5-8-30(9-6-19)22-4-3-17(11-25)12-26-22/h3-4,12-13,18-19,21H,5-10,14-15H2,1-2H3,(H2,28,29,32)/t18-,21+/m0/s1. The lowest BCUT2D eigenvalue weighted by molar-refractivity contribution is -0.139. The van der Waals surface area contributed by atoms with Crippen LogP contribution in [0.3, 0.4) is 0 Å².